The lowest BCUT2D eigenvalue weighted by atomic mass is 10.0. The minimum atomic E-state index is -1.39. The van der Waals surface area contributed by atoms with Gasteiger partial charge in [-0.15, -0.1) is 0 Å². The fourth-order valence-corrected chi connectivity index (χ4v) is 1.11. The molecular weight excluding hydrogens is 162 g/mol. The molecule has 1 atom stereocenters. The minimum absolute atomic E-state index is 0.171. The molecule has 0 aliphatic carbocycles. The number of rotatable bonds is 2. The molecule has 1 aliphatic rings. The van der Waals surface area contributed by atoms with Crippen LogP contribution in [0, 0.1) is 0 Å². The van der Waals surface area contributed by atoms with Crippen LogP contribution in [0.25, 0.3) is 0 Å². The van der Waals surface area contributed by atoms with Crippen molar-refractivity contribution in [2.75, 3.05) is 0 Å². The first kappa shape index (κ1) is 8.70. The third-order valence-corrected chi connectivity index (χ3v) is 1.71. The predicted octanol–water partition coefficient (Wildman–Crippen LogP) is -2.52. The average Bonchev–Trinajstić information content (AvgIpc) is 2.04. The number of carbonyl (C=O) groups excluding carboxylic acids is 2. The highest BCUT2D eigenvalue weighted by atomic mass is 16.4. The lowest BCUT2D eigenvalue weighted by molar-refractivity contribution is -0.307. The van der Waals surface area contributed by atoms with Gasteiger partial charge in [0.25, 0.3) is 0 Å². The first-order valence-electron chi connectivity index (χ1n) is 3.60. The lowest BCUT2D eigenvalue weighted by Crippen LogP contribution is -2.40. The Bertz CT molecular complexity index is 246. The molecule has 1 heterocycles. The van der Waals surface area contributed by atoms with Crippen molar-refractivity contribution in [2.45, 2.75) is 25.3 Å². The third-order valence-electron chi connectivity index (χ3n) is 1.71. The summed E-state index contributed by atoms with van der Waals surface area (Å²) in [4.78, 5) is 24.0. The Morgan fingerprint density at radius 1 is 1.42 bits per heavy atom. The maximum Gasteiger partial charge on any atom is 0.0897 e. The largest absolute Gasteiger partial charge is 0.548 e. The molecule has 0 saturated carbocycles. The van der Waals surface area contributed by atoms with Crippen LogP contribution >= 0.6 is 0 Å². The van der Waals surface area contributed by atoms with Crippen molar-refractivity contribution in [3.05, 3.63) is 0 Å². The summed E-state index contributed by atoms with van der Waals surface area (Å²) in [5, 5.41) is 20.6. The highest BCUT2D eigenvalue weighted by molar-refractivity contribution is 6.35. The predicted molar refractivity (Wildman–Crippen MR) is 35.1 cm³/mol. The zero-order valence-corrected chi connectivity index (χ0v) is 6.28. The Labute approximate surface area is 68.7 Å². The summed E-state index contributed by atoms with van der Waals surface area (Å²) in [6.45, 7) is 0. The first-order valence-corrected chi connectivity index (χ1v) is 3.60. The van der Waals surface area contributed by atoms with E-state index in [9.17, 15) is 19.8 Å². The van der Waals surface area contributed by atoms with Crippen molar-refractivity contribution in [1.29, 1.82) is 0 Å². The quantitative estimate of drug-likeness (QED) is 0.456. The van der Waals surface area contributed by atoms with E-state index < -0.39 is 18.0 Å². The molecule has 0 spiro atoms. The number of carbonyl (C=O) groups is 2. The van der Waals surface area contributed by atoms with Crippen molar-refractivity contribution in [1.82, 2.24) is 0 Å². The smallest absolute Gasteiger partial charge is 0.0897 e. The fraction of sp³-hybridized carbons (Fsp3) is 0.571. The molecule has 66 valence electrons. The van der Waals surface area contributed by atoms with Crippen LogP contribution in [-0.2, 0) is 9.59 Å². The van der Waals surface area contributed by atoms with Gasteiger partial charge in [0.15, 0.2) is 0 Å². The number of carboxylic acid groups (broad SMARTS) is 2. The minimum Gasteiger partial charge on any atom is -0.548 e. The highest BCUT2D eigenvalue weighted by Gasteiger charge is 2.15. The van der Waals surface area contributed by atoms with Gasteiger partial charge in [0.2, 0.25) is 0 Å². The number of nitrogens with zero attached hydrogens (tertiary/aromatic N) is 1. The van der Waals surface area contributed by atoms with Crippen LogP contribution in [0.5, 0.6) is 0 Å². The third kappa shape index (κ3) is 1.81. The number of carboxylic acids is 2. The Balaban J connectivity index is 2.76. The van der Waals surface area contributed by atoms with Gasteiger partial charge in [-0.05, 0) is 19.3 Å². The summed E-state index contributed by atoms with van der Waals surface area (Å²) in [6.07, 6.45) is 1.14. The molecule has 0 unspecified atom stereocenters. The summed E-state index contributed by atoms with van der Waals surface area (Å²) in [5.41, 5.74) is -0.171. The van der Waals surface area contributed by atoms with E-state index in [4.69, 9.17) is 0 Å². The molecule has 5 heteroatoms. The van der Waals surface area contributed by atoms with Crippen LogP contribution in [-0.4, -0.2) is 23.7 Å². The molecular formula is C7H7NO4-2. The second-order valence-electron chi connectivity index (χ2n) is 2.59. The number of hydrogen-bond donors (Lipinski definition) is 0. The fourth-order valence-electron chi connectivity index (χ4n) is 1.11. The van der Waals surface area contributed by atoms with Gasteiger partial charge in [0, 0.05) is 0 Å². The number of aliphatic imine (C=N–C) groups is 1. The summed E-state index contributed by atoms with van der Waals surface area (Å²) in [7, 11) is 0. The molecule has 0 amide bonds. The first-order chi connectivity index (χ1) is 5.61. The summed E-state index contributed by atoms with van der Waals surface area (Å²) < 4.78 is 0. The molecule has 0 aromatic carbocycles. The van der Waals surface area contributed by atoms with E-state index >= 15 is 0 Å². The molecule has 0 radical (unpaired) electrons. The van der Waals surface area contributed by atoms with Gasteiger partial charge in [-0.25, -0.2) is 0 Å². The van der Waals surface area contributed by atoms with Gasteiger partial charge >= 0.3 is 0 Å². The molecule has 0 aromatic heterocycles. The van der Waals surface area contributed by atoms with Gasteiger partial charge in [0.05, 0.1) is 23.7 Å². The van der Waals surface area contributed by atoms with Crippen molar-refractivity contribution in [3.8, 4) is 0 Å². The second kappa shape index (κ2) is 3.34. The van der Waals surface area contributed by atoms with E-state index in [1.54, 1.807) is 0 Å². The maximum absolute atomic E-state index is 10.3. The van der Waals surface area contributed by atoms with Crippen molar-refractivity contribution in [2.24, 2.45) is 4.99 Å². The van der Waals surface area contributed by atoms with Crippen LogP contribution in [0.3, 0.4) is 0 Å². The SMILES string of the molecule is O=C([O-])C1=N[C@H](C(=O)[O-])CCC1. The number of hydrogen-bond acceptors (Lipinski definition) is 5. The lowest BCUT2D eigenvalue weighted by Gasteiger charge is -2.21. The van der Waals surface area contributed by atoms with Gasteiger partial charge in [-0.2, -0.15) is 0 Å². The Morgan fingerprint density at radius 3 is 2.58 bits per heavy atom. The van der Waals surface area contributed by atoms with E-state index in [2.05, 4.69) is 4.99 Å². The van der Waals surface area contributed by atoms with Crippen LogP contribution in [0.2, 0.25) is 0 Å². The Morgan fingerprint density at radius 2 is 2.08 bits per heavy atom. The van der Waals surface area contributed by atoms with Gasteiger partial charge in [-0.1, -0.05) is 0 Å². The average molecular weight is 169 g/mol. The highest BCUT2D eigenvalue weighted by Crippen LogP contribution is 2.12. The van der Waals surface area contributed by atoms with Crippen molar-refractivity contribution >= 4 is 17.7 Å². The van der Waals surface area contributed by atoms with Crippen LogP contribution in [0.4, 0.5) is 0 Å². The Kier molecular flexibility index (Phi) is 2.42. The van der Waals surface area contributed by atoms with E-state index in [1.165, 1.54) is 0 Å². The monoisotopic (exact) mass is 169 g/mol. The molecule has 1 aliphatic heterocycles. The zero-order chi connectivity index (χ0) is 9.14. The topological polar surface area (TPSA) is 92.6 Å². The summed E-state index contributed by atoms with van der Waals surface area (Å²) >= 11 is 0. The maximum atomic E-state index is 10.3. The van der Waals surface area contributed by atoms with Crippen LogP contribution in [0.15, 0.2) is 4.99 Å². The van der Waals surface area contributed by atoms with E-state index in [1.807, 2.05) is 0 Å². The van der Waals surface area contributed by atoms with Crippen LogP contribution in [0.1, 0.15) is 19.3 Å². The van der Waals surface area contributed by atoms with Gasteiger partial charge in [-0.3, -0.25) is 4.99 Å². The molecule has 0 N–H and O–H groups in total. The molecule has 0 bridgehead atoms. The molecule has 0 saturated heterocycles. The molecule has 1 rings (SSSR count). The molecule has 0 aromatic rings. The van der Waals surface area contributed by atoms with Gasteiger partial charge in [0.1, 0.15) is 0 Å². The second-order valence-corrected chi connectivity index (χ2v) is 2.59. The van der Waals surface area contributed by atoms with E-state index in [0.29, 0.717) is 12.8 Å². The van der Waals surface area contributed by atoms with Gasteiger partial charge < -0.3 is 19.8 Å². The van der Waals surface area contributed by atoms with Crippen molar-refractivity contribution in [3.63, 3.8) is 0 Å². The number of aliphatic carboxylic acids is 2. The summed E-state index contributed by atoms with van der Waals surface area (Å²) in [6, 6.07) is -1.01. The summed E-state index contributed by atoms with van der Waals surface area (Å²) in [5.74, 6) is -2.71. The van der Waals surface area contributed by atoms with Crippen LogP contribution < -0.4 is 10.2 Å². The normalized spacial score (nSPS) is 23.0. The molecule has 5 nitrogen and oxygen atoms in total. The zero-order valence-electron chi connectivity index (χ0n) is 6.28. The standard InChI is InChI=1S/C7H9NO4/c9-6(10)4-2-1-3-5(8-4)7(11)12/h4H,1-3H2,(H,9,10)(H,11,12)/p-2/t4-/m0/s1. The Hall–Kier alpha value is -1.39. The molecule has 12 heavy (non-hydrogen) atoms. The molecule has 0 fully saturated rings. The van der Waals surface area contributed by atoms with Crippen molar-refractivity contribution < 1.29 is 19.8 Å². The van der Waals surface area contributed by atoms with E-state index in [0.717, 1.165) is 0 Å². The van der Waals surface area contributed by atoms with E-state index in [-0.39, 0.29) is 12.1 Å².